The van der Waals surface area contributed by atoms with Gasteiger partial charge in [0.1, 0.15) is 0 Å². The van der Waals surface area contributed by atoms with Crippen molar-refractivity contribution in [3.8, 4) is 0 Å². The van der Waals surface area contributed by atoms with Gasteiger partial charge in [0, 0.05) is 4.47 Å². The Morgan fingerprint density at radius 2 is 2.00 bits per heavy atom. The minimum Gasteiger partial charge on any atom is -0.225 e. The zero-order valence-electron chi connectivity index (χ0n) is 6.41. The first kappa shape index (κ1) is 9.70. The minimum absolute atomic E-state index is 0.119. The lowest BCUT2D eigenvalue weighted by Crippen LogP contribution is -2.12. The van der Waals surface area contributed by atoms with Crippen molar-refractivity contribution in [3.05, 3.63) is 28.2 Å². The van der Waals surface area contributed by atoms with Gasteiger partial charge >= 0.3 is 0 Å². The van der Waals surface area contributed by atoms with Gasteiger partial charge in [0.2, 0.25) is 10.0 Å². The molecule has 1 rings (SSSR count). The zero-order chi connectivity index (χ0) is 9.35. The largest absolute Gasteiger partial charge is 0.239 e. The Bertz CT molecular complexity index is 400. The van der Waals surface area contributed by atoms with E-state index >= 15 is 0 Å². The van der Waals surface area contributed by atoms with Crippen LogP contribution in [-0.4, -0.2) is 8.42 Å². The Hall–Kier alpha value is -0.390. The van der Waals surface area contributed by atoms with E-state index in [1.165, 1.54) is 6.07 Å². The van der Waals surface area contributed by atoms with E-state index in [1.54, 1.807) is 12.1 Å². The molecule has 0 unspecified atom stereocenters. The van der Waals surface area contributed by atoms with Crippen molar-refractivity contribution in [2.24, 2.45) is 5.14 Å². The average molecular weight is 250 g/mol. The van der Waals surface area contributed by atoms with Gasteiger partial charge in [-0.25, -0.2) is 13.6 Å². The molecule has 0 aliphatic heterocycles. The lowest BCUT2D eigenvalue weighted by molar-refractivity contribution is 0.597. The normalized spacial score (nSPS) is 11.6. The Morgan fingerprint density at radius 1 is 1.42 bits per heavy atom. The molecule has 0 aliphatic carbocycles. The molecule has 1 aromatic carbocycles. The molecule has 0 bridgehead atoms. The molecule has 0 spiro atoms. The van der Waals surface area contributed by atoms with E-state index in [1.807, 2.05) is 6.92 Å². The number of primary sulfonamides is 1. The quantitative estimate of drug-likeness (QED) is 0.819. The molecular weight excluding hydrogens is 242 g/mol. The molecular formula is C7H8BrNO2S. The van der Waals surface area contributed by atoms with Crippen molar-refractivity contribution >= 4 is 26.0 Å². The Morgan fingerprint density at radius 3 is 2.42 bits per heavy atom. The van der Waals surface area contributed by atoms with Gasteiger partial charge in [0.25, 0.3) is 0 Å². The fourth-order valence-electron chi connectivity index (χ4n) is 0.837. The predicted molar refractivity (Wildman–Crippen MR) is 50.3 cm³/mol. The minimum atomic E-state index is -3.60. The van der Waals surface area contributed by atoms with Gasteiger partial charge < -0.3 is 0 Å². The van der Waals surface area contributed by atoms with E-state index in [0.29, 0.717) is 4.47 Å². The molecule has 0 aromatic heterocycles. The lowest BCUT2D eigenvalue weighted by Gasteiger charge is -2.01. The van der Waals surface area contributed by atoms with Gasteiger partial charge in [-0.2, -0.15) is 0 Å². The second-order valence-electron chi connectivity index (χ2n) is 2.48. The van der Waals surface area contributed by atoms with Crippen LogP contribution < -0.4 is 5.14 Å². The van der Waals surface area contributed by atoms with Crippen molar-refractivity contribution in [1.29, 1.82) is 0 Å². The lowest BCUT2D eigenvalue weighted by atomic mass is 10.2. The number of hydrogen-bond acceptors (Lipinski definition) is 2. The summed E-state index contributed by atoms with van der Waals surface area (Å²) in [6.07, 6.45) is 0. The maximum Gasteiger partial charge on any atom is 0.239 e. The molecule has 0 heterocycles. The highest BCUT2D eigenvalue weighted by molar-refractivity contribution is 9.10. The van der Waals surface area contributed by atoms with E-state index in [9.17, 15) is 8.42 Å². The van der Waals surface area contributed by atoms with Crippen molar-refractivity contribution in [2.75, 3.05) is 0 Å². The average Bonchev–Trinajstić information content (AvgIpc) is 1.83. The highest BCUT2D eigenvalue weighted by atomic mass is 79.9. The molecule has 3 nitrogen and oxygen atoms in total. The van der Waals surface area contributed by atoms with E-state index in [0.717, 1.165) is 5.56 Å². The number of sulfonamides is 1. The summed E-state index contributed by atoms with van der Waals surface area (Å²) in [7, 11) is -3.60. The van der Waals surface area contributed by atoms with Crippen LogP contribution in [0.3, 0.4) is 0 Å². The molecule has 0 aliphatic rings. The van der Waals surface area contributed by atoms with Gasteiger partial charge in [-0.3, -0.25) is 0 Å². The molecule has 0 fully saturated rings. The van der Waals surface area contributed by atoms with Crippen LogP contribution >= 0.6 is 15.9 Å². The van der Waals surface area contributed by atoms with Crippen LogP contribution in [-0.2, 0) is 10.0 Å². The number of nitrogens with two attached hydrogens (primary N) is 1. The second-order valence-corrected chi connectivity index (χ2v) is 4.86. The summed E-state index contributed by atoms with van der Waals surface area (Å²) in [6, 6.07) is 4.89. The third kappa shape index (κ3) is 2.06. The van der Waals surface area contributed by atoms with Gasteiger partial charge in [-0.15, -0.1) is 0 Å². The summed E-state index contributed by atoms with van der Waals surface area (Å²) in [5.74, 6) is 0. The third-order valence-corrected chi connectivity index (χ3v) is 3.28. The summed E-state index contributed by atoms with van der Waals surface area (Å²) >= 11 is 3.12. The van der Waals surface area contributed by atoms with E-state index < -0.39 is 10.0 Å². The first-order valence-corrected chi connectivity index (χ1v) is 5.54. The topological polar surface area (TPSA) is 60.2 Å². The molecule has 0 amide bonds. The SMILES string of the molecule is Cc1ccc(S(N)(=O)=O)c(Br)c1. The molecule has 1 aromatic rings. The van der Waals surface area contributed by atoms with Crippen molar-refractivity contribution in [2.45, 2.75) is 11.8 Å². The molecule has 0 saturated heterocycles. The fraction of sp³-hybridized carbons (Fsp3) is 0.143. The Kier molecular flexibility index (Phi) is 2.55. The predicted octanol–water partition coefficient (Wildman–Crippen LogP) is 1.40. The fourth-order valence-corrected chi connectivity index (χ4v) is 2.60. The molecule has 5 heteroatoms. The number of benzene rings is 1. The van der Waals surface area contributed by atoms with Crippen LogP contribution in [0.15, 0.2) is 27.6 Å². The Labute approximate surface area is 79.8 Å². The van der Waals surface area contributed by atoms with Crippen LogP contribution in [0.5, 0.6) is 0 Å². The molecule has 0 atom stereocenters. The Balaban J connectivity index is 3.39. The number of hydrogen-bond donors (Lipinski definition) is 1. The van der Waals surface area contributed by atoms with Crippen molar-refractivity contribution in [3.63, 3.8) is 0 Å². The molecule has 0 saturated carbocycles. The molecule has 12 heavy (non-hydrogen) atoms. The zero-order valence-corrected chi connectivity index (χ0v) is 8.81. The number of halogens is 1. The maximum absolute atomic E-state index is 10.9. The molecule has 0 radical (unpaired) electrons. The summed E-state index contributed by atoms with van der Waals surface area (Å²) < 4.78 is 22.3. The van der Waals surface area contributed by atoms with E-state index in [4.69, 9.17) is 5.14 Å². The van der Waals surface area contributed by atoms with Crippen LogP contribution in [0.4, 0.5) is 0 Å². The van der Waals surface area contributed by atoms with Crippen LogP contribution in [0, 0.1) is 6.92 Å². The van der Waals surface area contributed by atoms with Crippen LogP contribution in [0.1, 0.15) is 5.56 Å². The second kappa shape index (κ2) is 3.16. The smallest absolute Gasteiger partial charge is 0.225 e. The van der Waals surface area contributed by atoms with E-state index in [2.05, 4.69) is 15.9 Å². The van der Waals surface area contributed by atoms with Gasteiger partial charge in [-0.1, -0.05) is 6.07 Å². The summed E-state index contributed by atoms with van der Waals surface area (Å²) in [5.41, 5.74) is 0.981. The molecule has 2 N–H and O–H groups in total. The highest BCUT2D eigenvalue weighted by Crippen LogP contribution is 2.21. The third-order valence-electron chi connectivity index (χ3n) is 1.39. The standard InChI is InChI=1S/C7H8BrNO2S/c1-5-2-3-7(6(8)4-5)12(9,10)11/h2-4H,1H3,(H2,9,10,11). The monoisotopic (exact) mass is 249 g/mol. The van der Waals surface area contributed by atoms with Gasteiger partial charge in [0.05, 0.1) is 4.90 Å². The van der Waals surface area contributed by atoms with Crippen molar-refractivity contribution < 1.29 is 8.42 Å². The summed E-state index contributed by atoms with van der Waals surface area (Å²) in [6.45, 7) is 1.87. The molecule has 66 valence electrons. The maximum atomic E-state index is 10.9. The van der Waals surface area contributed by atoms with Crippen molar-refractivity contribution in [1.82, 2.24) is 0 Å². The summed E-state index contributed by atoms with van der Waals surface area (Å²) in [5, 5.41) is 4.95. The van der Waals surface area contributed by atoms with Crippen LogP contribution in [0.25, 0.3) is 0 Å². The summed E-state index contributed by atoms with van der Waals surface area (Å²) in [4.78, 5) is 0.119. The van der Waals surface area contributed by atoms with Gasteiger partial charge in [-0.05, 0) is 40.5 Å². The number of aryl methyl sites for hydroxylation is 1. The van der Waals surface area contributed by atoms with Gasteiger partial charge in [0.15, 0.2) is 0 Å². The highest BCUT2D eigenvalue weighted by Gasteiger charge is 2.11. The van der Waals surface area contributed by atoms with Crippen LogP contribution in [0.2, 0.25) is 0 Å². The van der Waals surface area contributed by atoms with E-state index in [-0.39, 0.29) is 4.90 Å². The first-order chi connectivity index (χ1) is 5.41. The first-order valence-electron chi connectivity index (χ1n) is 3.20. The number of rotatable bonds is 1.